The Bertz CT molecular complexity index is 688. The summed E-state index contributed by atoms with van der Waals surface area (Å²) >= 11 is 0. The Hall–Kier alpha value is -1.63. The molecule has 1 aromatic heterocycles. The summed E-state index contributed by atoms with van der Waals surface area (Å²) in [6.07, 6.45) is 0.587. The van der Waals surface area contributed by atoms with E-state index in [-0.39, 0.29) is 29.1 Å². The van der Waals surface area contributed by atoms with Gasteiger partial charge < -0.3 is 10.3 Å². The molecule has 1 fully saturated rings. The molecule has 1 atom stereocenters. The minimum Gasteiger partial charge on any atom is -0.354 e. The summed E-state index contributed by atoms with van der Waals surface area (Å²) in [5, 5.41) is 2.75. The van der Waals surface area contributed by atoms with Crippen molar-refractivity contribution in [2.45, 2.75) is 27.2 Å². The Kier molecular flexibility index (Phi) is 4.22. The number of aromatic nitrogens is 1. The molecule has 6 nitrogen and oxygen atoms in total. The van der Waals surface area contributed by atoms with Gasteiger partial charge in [0.15, 0.2) is 15.6 Å². The van der Waals surface area contributed by atoms with E-state index in [1.165, 1.54) is 6.92 Å². The highest BCUT2D eigenvalue weighted by atomic mass is 32.2. The second-order valence-corrected chi connectivity index (χ2v) is 7.89. The highest BCUT2D eigenvalue weighted by Gasteiger charge is 2.28. The van der Waals surface area contributed by atoms with E-state index in [2.05, 4.69) is 10.3 Å². The van der Waals surface area contributed by atoms with Gasteiger partial charge in [0.05, 0.1) is 11.5 Å². The van der Waals surface area contributed by atoms with E-state index in [1.807, 2.05) is 0 Å². The molecule has 0 bridgehead atoms. The summed E-state index contributed by atoms with van der Waals surface area (Å²) in [4.78, 5) is 26.6. The van der Waals surface area contributed by atoms with Crippen molar-refractivity contribution in [2.75, 3.05) is 18.1 Å². The number of hydrogen-bond donors (Lipinski definition) is 2. The molecule has 2 N–H and O–H groups in total. The number of Topliss-reactive ketones (excluding diaryl/α,β-unsaturated/α-hetero) is 1. The number of ketones is 1. The lowest BCUT2D eigenvalue weighted by molar-refractivity contribution is 0.0943. The van der Waals surface area contributed by atoms with Crippen LogP contribution in [0.5, 0.6) is 0 Å². The molecule has 0 aliphatic carbocycles. The highest BCUT2D eigenvalue weighted by Crippen LogP contribution is 2.20. The molecule has 0 spiro atoms. The maximum absolute atomic E-state index is 12.2. The van der Waals surface area contributed by atoms with Crippen molar-refractivity contribution in [3.8, 4) is 0 Å². The van der Waals surface area contributed by atoms with Crippen molar-refractivity contribution >= 4 is 21.5 Å². The third kappa shape index (κ3) is 3.34. The first-order chi connectivity index (χ1) is 9.71. The van der Waals surface area contributed by atoms with Crippen molar-refractivity contribution in [3.05, 3.63) is 22.5 Å². The quantitative estimate of drug-likeness (QED) is 0.811. The van der Waals surface area contributed by atoms with Crippen molar-refractivity contribution in [1.29, 1.82) is 0 Å². The van der Waals surface area contributed by atoms with Crippen LogP contribution in [0.4, 0.5) is 0 Å². The predicted octanol–water partition coefficient (Wildman–Crippen LogP) is 0.999. The molecule has 0 unspecified atom stereocenters. The molecule has 1 aliphatic rings. The third-order valence-electron chi connectivity index (χ3n) is 3.89. The number of nitrogens with one attached hydrogen (secondary N) is 2. The number of H-pyrrole nitrogens is 1. The fraction of sp³-hybridized carbons (Fsp3) is 0.571. The molecular weight excluding hydrogens is 292 g/mol. The third-order valence-corrected chi connectivity index (χ3v) is 5.73. The second-order valence-electron chi connectivity index (χ2n) is 5.66. The number of carbonyl (C=O) groups is 2. The number of rotatable bonds is 4. The van der Waals surface area contributed by atoms with Gasteiger partial charge >= 0.3 is 0 Å². The van der Waals surface area contributed by atoms with Crippen LogP contribution in [-0.2, 0) is 9.84 Å². The number of hydrogen-bond acceptors (Lipinski definition) is 4. The van der Waals surface area contributed by atoms with E-state index in [0.717, 1.165) is 0 Å². The predicted molar refractivity (Wildman–Crippen MR) is 79.4 cm³/mol. The van der Waals surface area contributed by atoms with Gasteiger partial charge in [-0.2, -0.15) is 0 Å². The van der Waals surface area contributed by atoms with Crippen LogP contribution in [0.1, 0.15) is 45.4 Å². The van der Waals surface area contributed by atoms with Crippen molar-refractivity contribution in [1.82, 2.24) is 10.3 Å². The number of aromatic amines is 1. The molecule has 7 heteroatoms. The summed E-state index contributed by atoms with van der Waals surface area (Å²) in [5.41, 5.74) is 2.23. The standard InChI is InChI=1S/C14H20N2O4S/c1-8-12(10(3)17)9(2)16-13(8)14(18)15-6-11-4-5-21(19,20)7-11/h11,16H,4-7H2,1-3H3,(H,15,18)/t11-/m0/s1. The maximum Gasteiger partial charge on any atom is 0.268 e. The van der Waals surface area contributed by atoms with Gasteiger partial charge in [-0.25, -0.2) is 8.42 Å². The first-order valence-corrected chi connectivity index (χ1v) is 8.72. The average molecular weight is 312 g/mol. The van der Waals surface area contributed by atoms with Crippen molar-refractivity contribution in [3.63, 3.8) is 0 Å². The maximum atomic E-state index is 12.2. The van der Waals surface area contributed by atoms with Gasteiger partial charge in [0.2, 0.25) is 0 Å². The van der Waals surface area contributed by atoms with Crippen LogP contribution in [0.3, 0.4) is 0 Å². The number of aryl methyl sites for hydroxylation is 1. The van der Waals surface area contributed by atoms with Crippen LogP contribution < -0.4 is 5.32 Å². The van der Waals surface area contributed by atoms with Crippen molar-refractivity contribution < 1.29 is 18.0 Å². The van der Waals surface area contributed by atoms with Crippen molar-refractivity contribution in [2.24, 2.45) is 5.92 Å². The Morgan fingerprint density at radius 1 is 1.33 bits per heavy atom. The zero-order chi connectivity index (χ0) is 15.8. The molecule has 2 rings (SSSR count). The van der Waals surface area contributed by atoms with Gasteiger partial charge in [0, 0.05) is 17.8 Å². The fourth-order valence-corrected chi connectivity index (χ4v) is 4.73. The van der Waals surface area contributed by atoms with E-state index < -0.39 is 9.84 Å². The SMILES string of the molecule is CC(=O)c1c(C)[nH]c(C(=O)NC[C@@H]2CCS(=O)(=O)C2)c1C. The van der Waals surface area contributed by atoms with Crippen LogP contribution in [0.15, 0.2) is 0 Å². The Balaban J connectivity index is 2.05. The van der Waals surface area contributed by atoms with Crippen LogP contribution in [0.25, 0.3) is 0 Å². The van der Waals surface area contributed by atoms with E-state index in [9.17, 15) is 18.0 Å². The van der Waals surface area contributed by atoms with Crippen LogP contribution in [-0.4, -0.2) is 43.1 Å². The molecule has 1 amide bonds. The Morgan fingerprint density at radius 2 is 2.00 bits per heavy atom. The molecular formula is C14H20N2O4S. The lowest BCUT2D eigenvalue weighted by Gasteiger charge is -2.09. The highest BCUT2D eigenvalue weighted by molar-refractivity contribution is 7.91. The summed E-state index contributed by atoms with van der Waals surface area (Å²) < 4.78 is 22.8. The lowest BCUT2D eigenvalue weighted by atomic mass is 10.1. The summed E-state index contributed by atoms with van der Waals surface area (Å²) in [7, 11) is -2.93. The molecule has 0 radical (unpaired) electrons. The number of carbonyl (C=O) groups excluding carboxylic acids is 2. The molecule has 2 heterocycles. The average Bonchev–Trinajstić information content (AvgIpc) is 2.86. The Morgan fingerprint density at radius 3 is 2.48 bits per heavy atom. The summed E-state index contributed by atoms with van der Waals surface area (Å²) in [6.45, 7) is 5.29. The smallest absolute Gasteiger partial charge is 0.268 e. The molecule has 21 heavy (non-hydrogen) atoms. The monoisotopic (exact) mass is 312 g/mol. The fourth-order valence-electron chi connectivity index (χ4n) is 2.86. The summed E-state index contributed by atoms with van der Waals surface area (Å²) in [6, 6.07) is 0. The Labute approximate surface area is 124 Å². The topological polar surface area (TPSA) is 96.1 Å². The van der Waals surface area contributed by atoms with Gasteiger partial charge in [-0.1, -0.05) is 0 Å². The van der Waals surface area contributed by atoms with Gasteiger partial charge in [0.1, 0.15) is 5.69 Å². The van der Waals surface area contributed by atoms with E-state index in [0.29, 0.717) is 35.5 Å². The minimum atomic E-state index is -2.93. The van der Waals surface area contributed by atoms with Gasteiger partial charge in [0.25, 0.3) is 5.91 Å². The largest absolute Gasteiger partial charge is 0.354 e. The van der Waals surface area contributed by atoms with Crippen LogP contribution in [0, 0.1) is 19.8 Å². The molecule has 1 saturated heterocycles. The van der Waals surface area contributed by atoms with Crippen LogP contribution in [0.2, 0.25) is 0 Å². The first-order valence-electron chi connectivity index (χ1n) is 6.90. The lowest BCUT2D eigenvalue weighted by Crippen LogP contribution is -2.30. The zero-order valence-electron chi connectivity index (χ0n) is 12.4. The van der Waals surface area contributed by atoms with E-state index >= 15 is 0 Å². The molecule has 0 saturated carbocycles. The number of sulfone groups is 1. The molecule has 1 aromatic rings. The summed E-state index contributed by atoms with van der Waals surface area (Å²) in [5.74, 6) is -0.0747. The number of amides is 1. The van der Waals surface area contributed by atoms with E-state index in [1.54, 1.807) is 13.8 Å². The van der Waals surface area contributed by atoms with Gasteiger partial charge in [-0.05, 0) is 38.7 Å². The van der Waals surface area contributed by atoms with Gasteiger partial charge in [-0.3, -0.25) is 9.59 Å². The second kappa shape index (κ2) is 5.63. The minimum absolute atomic E-state index is 0.0254. The molecule has 1 aliphatic heterocycles. The molecule has 0 aromatic carbocycles. The molecule has 116 valence electrons. The first kappa shape index (κ1) is 15.8. The van der Waals surface area contributed by atoms with Gasteiger partial charge in [-0.15, -0.1) is 0 Å². The normalized spacial score (nSPS) is 20.4. The van der Waals surface area contributed by atoms with E-state index in [4.69, 9.17) is 0 Å². The zero-order valence-corrected chi connectivity index (χ0v) is 13.3. The van der Waals surface area contributed by atoms with Crippen LogP contribution >= 0.6 is 0 Å².